The molecule has 78 valence electrons. The molecule has 0 aromatic carbocycles. The van der Waals surface area contributed by atoms with Crippen LogP contribution in [0, 0.1) is 11.3 Å². The molecule has 0 saturated heterocycles. The van der Waals surface area contributed by atoms with Crippen LogP contribution >= 0.6 is 0 Å². The molecule has 1 N–H and O–H groups in total. The number of aliphatic carboxylic acids is 1. The summed E-state index contributed by atoms with van der Waals surface area (Å²) in [5.74, 6) is -1.25. The van der Waals surface area contributed by atoms with Crippen molar-refractivity contribution in [2.75, 3.05) is 0 Å². The first-order valence-corrected chi connectivity index (χ1v) is 4.49. The van der Waals surface area contributed by atoms with Crippen molar-refractivity contribution in [2.45, 2.75) is 0 Å². The van der Waals surface area contributed by atoms with Gasteiger partial charge in [0.1, 0.15) is 17.3 Å². The lowest BCUT2D eigenvalue weighted by atomic mass is 10.2. The van der Waals surface area contributed by atoms with Crippen molar-refractivity contribution < 1.29 is 9.90 Å². The van der Waals surface area contributed by atoms with Crippen LogP contribution in [0.4, 0.5) is 0 Å². The molecule has 0 unspecified atom stereocenters. The molecule has 0 bridgehead atoms. The van der Waals surface area contributed by atoms with Gasteiger partial charge in [0.15, 0.2) is 0 Å². The molecule has 0 fully saturated rings. The summed E-state index contributed by atoms with van der Waals surface area (Å²) in [5.41, 5.74) is 0.824. The van der Waals surface area contributed by atoms with Crippen LogP contribution in [0.1, 0.15) is 5.69 Å². The fourth-order valence-corrected chi connectivity index (χ4v) is 1.31. The molecule has 2 aromatic rings. The largest absolute Gasteiger partial charge is 0.477 e. The summed E-state index contributed by atoms with van der Waals surface area (Å²) in [7, 11) is 0. The third-order valence-electron chi connectivity index (χ3n) is 2.03. The highest BCUT2D eigenvalue weighted by molar-refractivity contribution is 5.96. The predicted molar refractivity (Wildman–Crippen MR) is 56.4 cm³/mol. The summed E-state index contributed by atoms with van der Waals surface area (Å²) in [6, 6.07) is 7.07. The number of hydrogen-bond donors (Lipinski definition) is 1. The fourth-order valence-electron chi connectivity index (χ4n) is 1.31. The van der Waals surface area contributed by atoms with Gasteiger partial charge in [-0.15, -0.1) is 0 Å². The van der Waals surface area contributed by atoms with E-state index in [4.69, 9.17) is 10.4 Å². The molecule has 2 aromatic heterocycles. The summed E-state index contributed by atoms with van der Waals surface area (Å²) >= 11 is 0. The SMILES string of the molecule is N#CC(=Cc1cn2ccccc2n1)C(=O)O. The Bertz CT molecular complexity index is 586. The van der Waals surface area contributed by atoms with Crippen LogP contribution in [-0.2, 0) is 4.79 Å². The number of carbonyl (C=O) groups is 1. The minimum absolute atomic E-state index is 0.330. The van der Waals surface area contributed by atoms with E-state index in [1.54, 1.807) is 28.9 Å². The van der Waals surface area contributed by atoms with Crippen LogP contribution < -0.4 is 0 Å². The molecule has 2 rings (SSSR count). The van der Waals surface area contributed by atoms with Crippen LogP contribution in [0.3, 0.4) is 0 Å². The van der Waals surface area contributed by atoms with Gasteiger partial charge in [-0.1, -0.05) is 6.07 Å². The molecule has 0 aliphatic heterocycles. The normalized spacial score (nSPS) is 11.3. The van der Waals surface area contributed by atoms with Crippen LogP contribution in [0.15, 0.2) is 36.2 Å². The van der Waals surface area contributed by atoms with Crippen molar-refractivity contribution in [1.82, 2.24) is 9.38 Å². The summed E-state index contributed by atoms with van der Waals surface area (Å²) < 4.78 is 1.75. The average Bonchev–Trinajstić information content (AvgIpc) is 2.67. The Kier molecular flexibility index (Phi) is 2.40. The molecule has 0 saturated carbocycles. The van der Waals surface area contributed by atoms with Gasteiger partial charge in [-0.3, -0.25) is 0 Å². The van der Waals surface area contributed by atoms with Crippen LogP contribution in [0.5, 0.6) is 0 Å². The van der Waals surface area contributed by atoms with Crippen molar-refractivity contribution >= 4 is 17.7 Å². The predicted octanol–water partition coefficient (Wildman–Crippen LogP) is 1.33. The Balaban J connectivity index is 2.49. The molecule has 5 nitrogen and oxygen atoms in total. The van der Waals surface area contributed by atoms with Gasteiger partial charge >= 0.3 is 5.97 Å². The molecule has 0 amide bonds. The Morgan fingerprint density at radius 1 is 1.56 bits per heavy atom. The number of pyridine rings is 1. The van der Waals surface area contributed by atoms with E-state index >= 15 is 0 Å². The first kappa shape index (κ1) is 9.93. The van der Waals surface area contributed by atoms with Gasteiger partial charge < -0.3 is 9.51 Å². The second-order valence-corrected chi connectivity index (χ2v) is 3.11. The maximum absolute atomic E-state index is 10.6. The molecule has 5 heteroatoms. The molecule has 0 radical (unpaired) electrons. The second kappa shape index (κ2) is 3.87. The van der Waals surface area contributed by atoms with Crippen molar-refractivity contribution in [3.63, 3.8) is 0 Å². The van der Waals surface area contributed by atoms with E-state index in [-0.39, 0.29) is 5.57 Å². The van der Waals surface area contributed by atoms with Gasteiger partial charge in [-0.05, 0) is 18.2 Å². The topological polar surface area (TPSA) is 78.4 Å². The molecular weight excluding hydrogens is 206 g/mol. The summed E-state index contributed by atoms with van der Waals surface area (Å²) in [6.45, 7) is 0. The van der Waals surface area contributed by atoms with Gasteiger partial charge in [0, 0.05) is 12.4 Å². The molecule has 16 heavy (non-hydrogen) atoms. The molecule has 2 heterocycles. The number of nitrogens with zero attached hydrogens (tertiary/aromatic N) is 3. The lowest BCUT2D eigenvalue weighted by molar-refractivity contribution is -0.132. The van der Waals surface area contributed by atoms with Crippen LogP contribution in [-0.4, -0.2) is 20.5 Å². The van der Waals surface area contributed by atoms with E-state index in [1.165, 1.54) is 6.08 Å². The second-order valence-electron chi connectivity index (χ2n) is 3.11. The highest BCUT2D eigenvalue weighted by Gasteiger charge is 2.07. The number of aromatic nitrogens is 2. The number of hydrogen-bond acceptors (Lipinski definition) is 3. The lowest BCUT2D eigenvalue weighted by Crippen LogP contribution is -1.97. The van der Waals surface area contributed by atoms with E-state index in [2.05, 4.69) is 4.98 Å². The van der Waals surface area contributed by atoms with Gasteiger partial charge in [0.25, 0.3) is 0 Å². The zero-order valence-corrected chi connectivity index (χ0v) is 8.16. The first-order chi connectivity index (χ1) is 7.70. The van der Waals surface area contributed by atoms with Crippen molar-refractivity contribution in [3.05, 3.63) is 41.9 Å². The zero-order chi connectivity index (χ0) is 11.5. The third-order valence-corrected chi connectivity index (χ3v) is 2.03. The highest BCUT2D eigenvalue weighted by atomic mass is 16.4. The van der Waals surface area contributed by atoms with Crippen molar-refractivity contribution in [3.8, 4) is 6.07 Å². The number of carboxylic acids is 1. The van der Waals surface area contributed by atoms with E-state index in [9.17, 15) is 4.79 Å². The molecule has 0 aliphatic rings. The smallest absolute Gasteiger partial charge is 0.346 e. The number of nitriles is 1. The average molecular weight is 213 g/mol. The quantitative estimate of drug-likeness (QED) is 0.602. The maximum atomic E-state index is 10.6. The van der Waals surface area contributed by atoms with Gasteiger partial charge in [-0.2, -0.15) is 5.26 Å². The summed E-state index contributed by atoms with van der Waals surface area (Å²) in [5, 5.41) is 17.3. The standard InChI is InChI=1S/C11H7N3O2/c12-6-8(11(15)16)5-9-7-14-4-2-1-3-10(14)13-9/h1-5,7H,(H,15,16). The summed E-state index contributed by atoms with van der Waals surface area (Å²) in [4.78, 5) is 14.8. The zero-order valence-electron chi connectivity index (χ0n) is 8.16. The Hall–Kier alpha value is -2.61. The fraction of sp³-hybridized carbons (Fsp3) is 0. The minimum Gasteiger partial charge on any atom is -0.477 e. The number of imidazole rings is 1. The Morgan fingerprint density at radius 2 is 2.38 bits per heavy atom. The van der Waals surface area contributed by atoms with Gasteiger partial charge in [-0.25, -0.2) is 9.78 Å². The van der Waals surface area contributed by atoms with Gasteiger partial charge in [0.2, 0.25) is 0 Å². The third kappa shape index (κ3) is 1.77. The minimum atomic E-state index is -1.25. The highest BCUT2D eigenvalue weighted by Crippen LogP contribution is 2.08. The number of rotatable bonds is 2. The Morgan fingerprint density at radius 3 is 3.00 bits per heavy atom. The molecule has 0 spiro atoms. The maximum Gasteiger partial charge on any atom is 0.346 e. The van der Waals surface area contributed by atoms with Crippen LogP contribution in [0.2, 0.25) is 0 Å². The van der Waals surface area contributed by atoms with E-state index in [0.717, 1.165) is 0 Å². The van der Waals surface area contributed by atoms with E-state index in [0.29, 0.717) is 11.3 Å². The molecule has 0 aliphatic carbocycles. The number of fused-ring (bicyclic) bond motifs is 1. The lowest BCUT2D eigenvalue weighted by Gasteiger charge is -1.86. The van der Waals surface area contributed by atoms with Crippen LogP contribution in [0.25, 0.3) is 11.7 Å². The molecule has 0 atom stereocenters. The van der Waals surface area contributed by atoms with E-state index < -0.39 is 5.97 Å². The first-order valence-electron chi connectivity index (χ1n) is 4.49. The number of carboxylic acid groups (broad SMARTS) is 1. The monoisotopic (exact) mass is 213 g/mol. The summed E-state index contributed by atoms with van der Waals surface area (Å²) in [6.07, 6.45) is 4.71. The molecular formula is C11H7N3O2. The Labute approximate surface area is 90.9 Å². The van der Waals surface area contributed by atoms with Gasteiger partial charge in [0.05, 0.1) is 5.69 Å². The van der Waals surface area contributed by atoms with Crippen molar-refractivity contribution in [1.29, 1.82) is 5.26 Å². The van der Waals surface area contributed by atoms with E-state index in [1.807, 2.05) is 12.1 Å². The van der Waals surface area contributed by atoms with Crippen molar-refractivity contribution in [2.24, 2.45) is 0 Å².